The van der Waals surface area contributed by atoms with Crippen LogP contribution in [0.4, 0.5) is 13.2 Å². The van der Waals surface area contributed by atoms with E-state index >= 15 is 0 Å². The summed E-state index contributed by atoms with van der Waals surface area (Å²) in [6, 6.07) is 1.81. The molecule has 0 fully saturated rings. The average Bonchev–Trinajstić information content (AvgIpc) is 2.37. The molecule has 0 saturated carbocycles. The second-order valence-corrected chi connectivity index (χ2v) is 3.69. The van der Waals surface area contributed by atoms with Crippen LogP contribution in [0.15, 0.2) is 31.0 Å². The van der Waals surface area contributed by atoms with Gasteiger partial charge >= 0.3 is 6.18 Å². The SMILES string of the molecule is C=CCN(CCO)C(=O)c1ccc(C(F)(F)F)nc1. The summed E-state index contributed by atoms with van der Waals surface area (Å²) < 4.78 is 36.9. The van der Waals surface area contributed by atoms with Gasteiger partial charge in [-0.1, -0.05) is 6.08 Å². The number of carbonyl (C=O) groups excluding carboxylic acids is 1. The fourth-order valence-electron chi connectivity index (χ4n) is 1.42. The fourth-order valence-corrected chi connectivity index (χ4v) is 1.42. The van der Waals surface area contributed by atoms with Crippen LogP contribution in [0.2, 0.25) is 0 Å². The van der Waals surface area contributed by atoms with E-state index in [1.807, 2.05) is 0 Å². The third-order valence-electron chi connectivity index (χ3n) is 2.31. The molecule has 1 aromatic rings. The molecule has 0 spiro atoms. The Morgan fingerprint density at radius 2 is 2.16 bits per heavy atom. The van der Waals surface area contributed by atoms with Gasteiger partial charge in [-0.15, -0.1) is 6.58 Å². The second kappa shape index (κ2) is 6.33. The summed E-state index contributed by atoms with van der Waals surface area (Å²) in [4.78, 5) is 16.4. The average molecular weight is 274 g/mol. The van der Waals surface area contributed by atoms with E-state index in [1.54, 1.807) is 0 Å². The monoisotopic (exact) mass is 274 g/mol. The third kappa shape index (κ3) is 4.06. The number of aromatic nitrogens is 1. The van der Waals surface area contributed by atoms with Gasteiger partial charge in [0, 0.05) is 19.3 Å². The summed E-state index contributed by atoms with van der Waals surface area (Å²) in [6.45, 7) is 3.49. The number of carbonyl (C=O) groups is 1. The molecule has 0 aliphatic carbocycles. The Morgan fingerprint density at radius 1 is 1.47 bits per heavy atom. The zero-order valence-corrected chi connectivity index (χ0v) is 10.0. The minimum Gasteiger partial charge on any atom is -0.395 e. The number of aliphatic hydroxyl groups is 1. The van der Waals surface area contributed by atoms with Gasteiger partial charge in [-0.05, 0) is 12.1 Å². The van der Waals surface area contributed by atoms with Crippen molar-refractivity contribution in [2.75, 3.05) is 19.7 Å². The van der Waals surface area contributed by atoms with E-state index in [-0.39, 0.29) is 25.3 Å². The first kappa shape index (κ1) is 15.2. The molecule has 1 rings (SSSR count). The third-order valence-corrected chi connectivity index (χ3v) is 2.31. The van der Waals surface area contributed by atoms with Crippen molar-refractivity contribution in [1.29, 1.82) is 0 Å². The molecule has 0 aliphatic rings. The number of rotatable bonds is 5. The zero-order valence-electron chi connectivity index (χ0n) is 10.0. The van der Waals surface area contributed by atoms with Crippen molar-refractivity contribution < 1.29 is 23.1 Å². The highest BCUT2D eigenvalue weighted by Crippen LogP contribution is 2.27. The van der Waals surface area contributed by atoms with Crippen molar-refractivity contribution in [2.24, 2.45) is 0 Å². The Balaban J connectivity index is 2.90. The number of aliphatic hydroxyl groups excluding tert-OH is 1. The van der Waals surface area contributed by atoms with Crippen molar-refractivity contribution in [1.82, 2.24) is 9.88 Å². The van der Waals surface area contributed by atoms with Crippen LogP contribution >= 0.6 is 0 Å². The van der Waals surface area contributed by atoms with Crippen molar-refractivity contribution in [3.63, 3.8) is 0 Å². The molecule has 7 heteroatoms. The molecule has 1 aromatic heterocycles. The Bertz CT molecular complexity index is 443. The van der Waals surface area contributed by atoms with Crippen molar-refractivity contribution in [2.45, 2.75) is 6.18 Å². The normalized spacial score (nSPS) is 11.2. The van der Waals surface area contributed by atoms with E-state index in [0.717, 1.165) is 18.3 Å². The predicted molar refractivity (Wildman–Crippen MR) is 62.4 cm³/mol. The van der Waals surface area contributed by atoms with Gasteiger partial charge in [-0.3, -0.25) is 9.78 Å². The molecule has 0 saturated heterocycles. The van der Waals surface area contributed by atoms with Gasteiger partial charge in [-0.25, -0.2) is 0 Å². The maximum Gasteiger partial charge on any atom is 0.433 e. The van der Waals surface area contributed by atoms with Crippen LogP contribution in [-0.2, 0) is 6.18 Å². The highest BCUT2D eigenvalue weighted by molar-refractivity contribution is 5.94. The first-order valence-electron chi connectivity index (χ1n) is 5.44. The van der Waals surface area contributed by atoms with E-state index in [2.05, 4.69) is 11.6 Å². The lowest BCUT2D eigenvalue weighted by molar-refractivity contribution is -0.141. The Labute approximate surface area is 108 Å². The standard InChI is InChI=1S/C12H13F3N2O2/c1-2-5-17(6-7-18)11(19)9-3-4-10(16-8-9)12(13,14)15/h2-4,8,18H,1,5-7H2. The topological polar surface area (TPSA) is 53.4 Å². The fraction of sp³-hybridized carbons (Fsp3) is 0.333. The number of pyridine rings is 1. The molecule has 4 nitrogen and oxygen atoms in total. The quantitative estimate of drug-likeness (QED) is 0.832. The molecule has 1 heterocycles. The molecular formula is C12H13F3N2O2. The van der Waals surface area contributed by atoms with Gasteiger partial charge in [0.15, 0.2) is 0 Å². The van der Waals surface area contributed by atoms with Crippen LogP contribution in [0.1, 0.15) is 16.1 Å². The summed E-state index contributed by atoms with van der Waals surface area (Å²) in [5, 5.41) is 8.82. The Hall–Kier alpha value is -1.89. The summed E-state index contributed by atoms with van der Waals surface area (Å²) in [6.07, 6.45) is -2.20. The van der Waals surface area contributed by atoms with E-state index in [4.69, 9.17) is 5.11 Å². The molecule has 104 valence electrons. The molecular weight excluding hydrogens is 261 g/mol. The molecule has 0 aromatic carbocycles. The van der Waals surface area contributed by atoms with Crippen molar-refractivity contribution >= 4 is 5.91 Å². The first-order chi connectivity index (χ1) is 8.90. The smallest absolute Gasteiger partial charge is 0.395 e. The maximum absolute atomic E-state index is 12.3. The largest absolute Gasteiger partial charge is 0.433 e. The molecule has 1 N–H and O–H groups in total. The molecule has 0 atom stereocenters. The second-order valence-electron chi connectivity index (χ2n) is 3.69. The van der Waals surface area contributed by atoms with Crippen LogP contribution in [-0.4, -0.2) is 40.6 Å². The van der Waals surface area contributed by atoms with Crippen LogP contribution in [0.5, 0.6) is 0 Å². The van der Waals surface area contributed by atoms with Crippen molar-refractivity contribution in [3.05, 3.63) is 42.2 Å². The molecule has 0 bridgehead atoms. The first-order valence-corrected chi connectivity index (χ1v) is 5.44. The molecule has 19 heavy (non-hydrogen) atoms. The summed E-state index contributed by atoms with van der Waals surface area (Å²) in [5.41, 5.74) is -1.02. The minimum atomic E-state index is -4.53. The zero-order chi connectivity index (χ0) is 14.5. The maximum atomic E-state index is 12.3. The van der Waals surface area contributed by atoms with E-state index in [0.29, 0.717) is 0 Å². The van der Waals surface area contributed by atoms with Gasteiger partial charge in [0.05, 0.1) is 12.2 Å². The summed E-state index contributed by atoms with van der Waals surface area (Å²) >= 11 is 0. The number of hydrogen-bond donors (Lipinski definition) is 1. The lowest BCUT2D eigenvalue weighted by Crippen LogP contribution is -2.33. The van der Waals surface area contributed by atoms with Gasteiger partial charge < -0.3 is 10.0 Å². The lowest BCUT2D eigenvalue weighted by atomic mass is 10.2. The summed E-state index contributed by atoms with van der Waals surface area (Å²) in [7, 11) is 0. The van der Waals surface area contributed by atoms with Gasteiger partial charge in [-0.2, -0.15) is 13.2 Å². The number of nitrogens with zero attached hydrogens (tertiary/aromatic N) is 2. The molecule has 0 unspecified atom stereocenters. The molecule has 1 amide bonds. The number of amides is 1. The van der Waals surface area contributed by atoms with Crippen LogP contribution in [0.25, 0.3) is 0 Å². The minimum absolute atomic E-state index is 0.0308. The van der Waals surface area contributed by atoms with Crippen molar-refractivity contribution in [3.8, 4) is 0 Å². The van der Waals surface area contributed by atoms with Gasteiger partial charge in [0.1, 0.15) is 5.69 Å². The Kier molecular flexibility index (Phi) is 5.05. The van der Waals surface area contributed by atoms with Gasteiger partial charge in [0.25, 0.3) is 5.91 Å². The van der Waals surface area contributed by atoms with Crippen LogP contribution < -0.4 is 0 Å². The van der Waals surface area contributed by atoms with E-state index < -0.39 is 17.8 Å². The predicted octanol–water partition coefficient (Wildman–Crippen LogP) is 1.72. The van der Waals surface area contributed by atoms with Crippen LogP contribution in [0, 0.1) is 0 Å². The van der Waals surface area contributed by atoms with E-state index in [1.165, 1.54) is 11.0 Å². The Morgan fingerprint density at radius 3 is 2.58 bits per heavy atom. The lowest BCUT2D eigenvalue weighted by Gasteiger charge is -2.19. The molecule has 0 aliphatic heterocycles. The van der Waals surface area contributed by atoms with Crippen LogP contribution in [0.3, 0.4) is 0 Å². The summed E-state index contributed by atoms with van der Waals surface area (Å²) in [5.74, 6) is -0.504. The highest BCUT2D eigenvalue weighted by atomic mass is 19.4. The molecule has 0 radical (unpaired) electrons. The highest BCUT2D eigenvalue weighted by Gasteiger charge is 2.32. The van der Waals surface area contributed by atoms with Gasteiger partial charge in [0.2, 0.25) is 0 Å². The van der Waals surface area contributed by atoms with E-state index in [9.17, 15) is 18.0 Å². The number of alkyl halides is 3. The number of halogens is 3. The number of hydrogen-bond acceptors (Lipinski definition) is 3.